The van der Waals surface area contributed by atoms with Crippen LogP contribution in [0.2, 0.25) is 10.0 Å². The molecule has 3 aromatic rings. The van der Waals surface area contributed by atoms with Crippen LogP contribution in [0, 0.1) is 0 Å². The summed E-state index contributed by atoms with van der Waals surface area (Å²) in [5, 5.41) is 9.26. The lowest BCUT2D eigenvalue weighted by molar-refractivity contribution is -0.150. The first kappa shape index (κ1) is 30.7. The molecule has 3 N–H and O–H groups in total. The van der Waals surface area contributed by atoms with Gasteiger partial charge in [0, 0.05) is 11.9 Å². The van der Waals surface area contributed by atoms with Gasteiger partial charge in [0.15, 0.2) is 0 Å². The second kappa shape index (κ2) is 14.0. The molecule has 11 heteroatoms. The van der Waals surface area contributed by atoms with Crippen LogP contribution in [0.5, 0.6) is 0 Å². The molecule has 0 saturated heterocycles. The second-order valence-corrected chi connectivity index (χ2v) is 10.7. The minimum atomic E-state index is -1.22. The van der Waals surface area contributed by atoms with E-state index in [4.69, 9.17) is 32.7 Å². The molecule has 0 saturated carbocycles. The van der Waals surface area contributed by atoms with E-state index in [-0.39, 0.29) is 13.0 Å². The number of para-hydroxylation sites is 2. The number of alkyl carbamates (subject to hydrolysis) is 1. The van der Waals surface area contributed by atoms with Crippen molar-refractivity contribution in [3.63, 3.8) is 0 Å². The van der Waals surface area contributed by atoms with Crippen LogP contribution < -0.4 is 16.0 Å². The van der Waals surface area contributed by atoms with E-state index in [0.29, 0.717) is 32.7 Å². The highest BCUT2D eigenvalue weighted by Crippen LogP contribution is 2.33. The van der Waals surface area contributed by atoms with E-state index in [1.54, 1.807) is 87.6 Å². The van der Waals surface area contributed by atoms with Crippen LogP contribution in [-0.2, 0) is 32.0 Å². The number of pyridine rings is 1. The number of nitrogens with zero attached hydrogens (tertiary/aromatic N) is 1. The van der Waals surface area contributed by atoms with E-state index in [2.05, 4.69) is 20.9 Å². The quantitative estimate of drug-likeness (QED) is 0.256. The Morgan fingerprint density at radius 2 is 1.62 bits per heavy atom. The largest absolute Gasteiger partial charge is 0.460 e. The average molecular weight is 588 g/mol. The standard InChI is InChI=1S/C29H32Cl2N4O5/c1-18(25(35-28(38)40-29(2,3)4)27(37)33-17-20-11-7-8-15-32-20)39-24(36)16-19-10-5-6-14-23(19)34-26-21(30)12-9-13-22(26)31/h5-15,18,25,34H,16-17H2,1-4H3,(H,33,37)(H,35,38). The maximum absolute atomic E-state index is 13.1. The summed E-state index contributed by atoms with van der Waals surface area (Å²) in [6, 6.07) is 16.3. The van der Waals surface area contributed by atoms with Gasteiger partial charge in [0.2, 0.25) is 5.91 Å². The van der Waals surface area contributed by atoms with Crippen molar-refractivity contribution in [2.45, 2.75) is 58.4 Å². The first-order valence-electron chi connectivity index (χ1n) is 12.6. The van der Waals surface area contributed by atoms with Gasteiger partial charge in [0.25, 0.3) is 0 Å². The highest BCUT2D eigenvalue weighted by Gasteiger charge is 2.31. The zero-order chi connectivity index (χ0) is 29.3. The monoisotopic (exact) mass is 586 g/mol. The van der Waals surface area contributed by atoms with Crippen LogP contribution in [0.25, 0.3) is 0 Å². The number of hydrogen-bond acceptors (Lipinski definition) is 7. The van der Waals surface area contributed by atoms with E-state index in [1.165, 1.54) is 6.92 Å². The van der Waals surface area contributed by atoms with Gasteiger partial charge in [-0.1, -0.05) is 53.5 Å². The molecule has 1 heterocycles. The van der Waals surface area contributed by atoms with Gasteiger partial charge in [0.1, 0.15) is 17.7 Å². The SMILES string of the molecule is CC(OC(=O)Cc1ccccc1Nc1c(Cl)cccc1Cl)C(NC(=O)OC(C)(C)C)C(=O)NCc1ccccn1. The number of benzene rings is 2. The third kappa shape index (κ3) is 9.43. The number of aromatic nitrogens is 1. The molecule has 212 valence electrons. The van der Waals surface area contributed by atoms with E-state index in [0.717, 1.165) is 0 Å². The molecule has 0 spiro atoms. The summed E-state index contributed by atoms with van der Waals surface area (Å²) in [5.41, 5.74) is 1.57. The van der Waals surface area contributed by atoms with E-state index in [9.17, 15) is 14.4 Å². The molecule has 0 aliphatic carbocycles. The topological polar surface area (TPSA) is 119 Å². The molecule has 1 aromatic heterocycles. The molecule has 40 heavy (non-hydrogen) atoms. The number of amides is 2. The fourth-order valence-electron chi connectivity index (χ4n) is 3.64. The maximum atomic E-state index is 13.1. The Morgan fingerprint density at radius 1 is 0.950 bits per heavy atom. The average Bonchev–Trinajstić information content (AvgIpc) is 2.88. The molecular formula is C29H32Cl2N4O5. The van der Waals surface area contributed by atoms with Gasteiger partial charge in [-0.25, -0.2) is 4.79 Å². The Morgan fingerprint density at radius 3 is 2.27 bits per heavy atom. The van der Waals surface area contributed by atoms with Crippen molar-refractivity contribution in [3.8, 4) is 0 Å². The number of ether oxygens (including phenoxy) is 2. The van der Waals surface area contributed by atoms with Crippen LogP contribution in [0.15, 0.2) is 66.9 Å². The molecule has 2 aromatic carbocycles. The third-order valence-electron chi connectivity index (χ3n) is 5.49. The molecular weight excluding hydrogens is 555 g/mol. The van der Waals surface area contributed by atoms with Crippen molar-refractivity contribution in [1.29, 1.82) is 0 Å². The summed E-state index contributed by atoms with van der Waals surface area (Å²) in [4.78, 5) is 42.8. The molecule has 0 fully saturated rings. The number of carbonyl (C=O) groups is 3. The third-order valence-corrected chi connectivity index (χ3v) is 6.12. The van der Waals surface area contributed by atoms with Crippen LogP contribution in [0.4, 0.5) is 16.2 Å². The number of anilines is 2. The Labute approximate surface area is 243 Å². The molecule has 3 rings (SSSR count). The molecule has 9 nitrogen and oxygen atoms in total. The summed E-state index contributed by atoms with van der Waals surface area (Å²) < 4.78 is 10.9. The number of halogens is 2. The Balaban J connectivity index is 1.72. The van der Waals surface area contributed by atoms with Crippen molar-refractivity contribution < 1.29 is 23.9 Å². The van der Waals surface area contributed by atoms with Crippen molar-refractivity contribution >= 4 is 52.5 Å². The van der Waals surface area contributed by atoms with Gasteiger partial charge in [0.05, 0.1) is 34.4 Å². The van der Waals surface area contributed by atoms with Crippen molar-refractivity contribution in [2.24, 2.45) is 0 Å². The predicted molar refractivity (Wildman–Crippen MR) is 155 cm³/mol. The predicted octanol–water partition coefficient (Wildman–Crippen LogP) is 5.82. The normalized spacial score (nSPS) is 12.6. The minimum Gasteiger partial charge on any atom is -0.460 e. The Kier molecular flexibility index (Phi) is 10.8. The molecule has 0 radical (unpaired) electrons. The highest BCUT2D eigenvalue weighted by molar-refractivity contribution is 6.39. The van der Waals surface area contributed by atoms with Crippen molar-refractivity contribution in [1.82, 2.24) is 15.6 Å². The summed E-state index contributed by atoms with van der Waals surface area (Å²) in [7, 11) is 0. The zero-order valence-electron chi connectivity index (χ0n) is 22.7. The molecule has 2 atom stereocenters. The fraction of sp³-hybridized carbons (Fsp3) is 0.310. The maximum Gasteiger partial charge on any atom is 0.408 e. The van der Waals surface area contributed by atoms with Gasteiger partial charge in [-0.3, -0.25) is 14.6 Å². The number of rotatable bonds is 10. The van der Waals surface area contributed by atoms with Gasteiger partial charge >= 0.3 is 12.1 Å². The van der Waals surface area contributed by atoms with Crippen LogP contribution in [0.1, 0.15) is 39.0 Å². The van der Waals surface area contributed by atoms with E-state index < -0.39 is 35.7 Å². The number of nitrogens with one attached hydrogen (secondary N) is 3. The van der Waals surface area contributed by atoms with Crippen molar-refractivity contribution in [3.05, 3.63) is 88.2 Å². The number of hydrogen-bond donors (Lipinski definition) is 3. The van der Waals surface area contributed by atoms with Crippen LogP contribution in [0.3, 0.4) is 0 Å². The smallest absolute Gasteiger partial charge is 0.408 e. The lowest BCUT2D eigenvalue weighted by Crippen LogP contribution is -2.54. The van der Waals surface area contributed by atoms with Gasteiger partial charge in [-0.15, -0.1) is 0 Å². The fourth-order valence-corrected chi connectivity index (χ4v) is 4.13. The molecule has 0 aliphatic heterocycles. The first-order valence-corrected chi connectivity index (χ1v) is 13.3. The molecule has 0 bridgehead atoms. The van der Waals surface area contributed by atoms with E-state index >= 15 is 0 Å². The Hall–Kier alpha value is -3.82. The summed E-state index contributed by atoms with van der Waals surface area (Å²) in [6.45, 7) is 6.75. The van der Waals surface area contributed by atoms with Gasteiger partial charge in [-0.05, 0) is 63.6 Å². The van der Waals surface area contributed by atoms with Gasteiger partial charge in [-0.2, -0.15) is 0 Å². The van der Waals surface area contributed by atoms with Gasteiger partial charge < -0.3 is 25.4 Å². The highest BCUT2D eigenvalue weighted by atomic mass is 35.5. The summed E-state index contributed by atoms with van der Waals surface area (Å²) in [5.74, 6) is -1.17. The summed E-state index contributed by atoms with van der Waals surface area (Å²) in [6.07, 6.45) is -0.361. The van der Waals surface area contributed by atoms with Crippen molar-refractivity contribution in [2.75, 3.05) is 5.32 Å². The lowest BCUT2D eigenvalue weighted by Gasteiger charge is -2.26. The molecule has 2 amide bonds. The minimum absolute atomic E-state index is 0.121. The summed E-state index contributed by atoms with van der Waals surface area (Å²) >= 11 is 12.6. The lowest BCUT2D eigenvalue weighted by atomic mass is 10.1. The number of esters is 1. The number of carbonyl (C=O) groups excluding carboxylic acids is 3. The van der Waals surface area contributed by atoms with Crippen LogP contribution >= 0.6 is 23.2 Å². The molecule has 2 unspecified atom stereocenters. The Bertz CT molecular complexity index is 1310. The zero-order valence-corrected chi connectivity index (χ0v) is 24.2. The molecule has 0 aliphatic rings. The van der Waals surface area contributed by atoms with Crippen LogP contribution in [-0.4, -0.2) is 40.7 Å². The van der Waals surface area contributed by atoms with E-state index in [1.807, 2.05) is 0 Å². The second-order valence-electron chi connectivity index (χ2n) is 9.91. The first-order chi connectivity index (χ1) is 18.9.